The van der Waals surface area contributed by atoms with E-state index in [1.54, 1.807) is 6.07 Å². The van der Waals surface area contributed by atoms with Crippen LogP contribution in [0.2, 0.25) is 0 Å². The zero-order valence-corrected chi connectivity index (χ0v) is 16.5. The van der Waals surface area contributed by atoms with Crippen molar-refractivity contribution in [3.63, 3.8) is 0 Å². The largest absolute Gasteiger partial charge is 0.456 e. The summed E-state index contributed by atoms with van der Waals surface area (Å²) >= 11 is 0. The summed E-state index contributed by atoms with van der Waals surface area (Å²) in [5, 5.41) is 18.3. The molecule has 1 heterocycles. The minimum Gasteiger partial charge on any atom is -0.456 e. The lowest BCUT2D eigenvalue weighted by Gasteiger charge is -2.13. The highest BCUT2D eigenvalue weighted by Crippen LogP contribution is 2.35. The van der Waals surface area contributed by atoms with Crippen LogP contribution in [-0.2, 0) is 16.2 Å². The van der Waals surface area contributed by atoms with Gasteiger partial charge in [0.05, 0.1) is 33.9 Å². The molecule has 162 valence electrons. The molecule has 0 amide bonds. The molecule has 0 aliphatic heterocycles. The highest BCUT2D eigenvalue weighted by atomic mass is 32.2. The first kappa shape index (κ1) is 22.5. The molecule has 0 spiro atoms. The third-order valence-corrected chi connectivity index (χ3v) is 5.35. The van der Waals surface area contributed by atoms with Gasteiger partial charge in [-0.25, -0.2) is 17.8 Å². The molecule has 0 aliphatic carbocycles. The van der Waals surface area contributed by atoms with E-state index in [1.807, 2.05) is 0 Å². The van der Waals surface area contributed by atoms with Gasteiger partial charge < -0.3 is 4.74 Å². The number of nitrogens with one attached hydrogen (secondary N) is 1. The van der Waals surface area contributed by atoms with Crippen LogP contribution in [-0.4, -0.2) is 13.4 Å². The van der Waals surface area contributed by atoms with E-state index in [2.05, 4.69) is 9.71 Å². The van der Waals surface area contributed by atoms with Crippen LogP contribution in [0.3, 0.4) is 0 Å². The minimum atomic E-state index is -4.73. The van der Waals surface area contributed by atoms with Crippen molar-refractivity contribution < 1.29 is 30.7 Å². The molecule has 0 saturated carbocycles. The number of rotatable bonds is 5. The van der Waals surface area contributed by atoms with Crippen LogP contribution in [0.1, 0.15) is 16.7 Å². The number of nitriles is 2. The Morgan fingerprint density at radius 3 is 2.28 bits per heavy atom. The van der Waals surface area contributed by atoms with Gasteiger partial charge in [0.15, 0.2) is 0 Å². The molecular formula is C20H10F4N4O3S. The second-order valence-corrected chi connectivity index (χ2v) is 7.84. The maximum absolute atomic E-state index is 12.9. The molecule has 0 radical (unpaired) electrons. The Morgan fingerprint density at radius 1 is 0.969 bits per heavy atom. The van der Waals surface area contributed by atoms with E-state index in [1.165, 1.54) is 6.07 Å². The number of pyridine rings is 1. The number of alkyl halides is 3. The second-order valence-electron chi connectivity index (χ2n) is 6.16. The van der Waals surface area contributed by atoms with E-state index >= 15 is 0 Å². The maximum atomic E-state index is 12.9. The SMILES string of the molecule is N#Cc1cc(S(=O)(=O)Nc2ccc(F)cn2)ccc1Oc1ccc(C(F)(F)F)c(C#N)c1. The predicted molar refractivity (Wildman–Crippen MR) is 102 cm³/mol. The number of anilines is 1. The molecule has 0 bridgehead atoms. The molecule has 32 heavy (non-hydrogen) atoms. The highest BCUT2D eigenvalue weighted by Gasteiger charge is 2.33. The van der Waals surface area contributed by atoms with E-state index in [0.717, 1.165) is 48.7 Å². The van der Waals surface area contributed by atoms with Crippen LogP contribution in [0.5, 0.6) is 11.5 Å². The van der Waals surface area contributed by atoms with Gasteiger partial charge in [0.2, 0.25) is 0 Å². The normalized spacial score (nSPS) is 11.3. The van der Waals surface area contributed by atoms with Gasteiger partial charge in [-0.1, -0.05) is 0 Å². The summed E-state index contributed by atoms with van der Waals surface area (Å²) in [4.78, 5) is 3.25. The van der Waals surface area contributed by atoms with Gasteiger partial charge in [0.1, 0.15) is 29.2 Å². The molecule has 12 heteroatoms. The number of nitrogens with zero attached hydrogens (tertiary/aromatic N) is 3. The topological polar surface area (TPSA) is 116 Å². The van der Waals surface area contributed by atoms with Gasteiger partial charge in [0.25, 0.3) is 10.0 Å². The number of sulfonamides is 1. The fourth-order valence-corrected chi connectivity index (χ4v) is 3.57. The van der Waals surface area contributed by atoms with Gasteiger partial charge >= 0.3 is 6.18 Å². The molecule has 3 rings (SSSR count). The maximum Gasteiger partial charge on any atom is 0.417 e. The van der Waals surface area contributed by atoms with Crippen molar-refractivity contribution in [3.05, 3.63) is 77.2 Å². The van der Waals surface area contributed by atoms with Crippen molar-refractivity contribution in [1.82, 2.24) is 4.98 Å². The molecule has 0 fully saturated rings. The second kappa shape index (κ2) is 8.53. The van der Waals surface area contributed by atoms with E-state index in [9.17, 15) is 31.2 Å². The highest BCUT2D eigenvalue weighted by molar-refractivity contribution is 7.92. The summed E-state index contributed by atoms with van der Waals surface area (Å²) in [5.41, 5.74) is -2.06. The Labute approximate surface area is 179 Å². The third-order valence-electron chi connectivity index (χ3n) is 3.99. The molecule has 0 atom stereocenters. The zero-order valence-electron chi connectivity index (χ0n) is 15.7. The monoisotopic (exact) mass is 462 g/mol. The predicted octanol–water partition coefficient (Wildman–Crippen LogP) is 4.58. The molecule has 2 aromatic carbocycles. The van der Waals surface area contributed by atoms with Crippen molar-refractivity contribution in [2.45, 2.75) is 11.1 Å². The first-order chi connectivity index (χ1) is 15.0. The van der Waals surface area contributed by atoms with Crippen molar-refractivity contribution in [2.24, 2.45) is 0 Å². The van der Waals surface area contributed by atoms with Gasteiger partial charge in [-0.3, -0.25) is 4.72 Å². The summed E-state index contributed by atoms with van der Waals surface area (Å²) in [5.74, 6) is -1.12. The number of aromatic nitrogens is 1. The molecular weight excluding hydrogens is 452 g/mol. The molecule has 0 aliphatic rings. The van der Waals surface area contributed by atoms with Crippen molar-refractivity contribution in [3.8, 4) is 23.6 Å². The van der Waals surface area contributed by atoms with E-state index < -0.39 is 33.1 Å². The Morgan fingerprint density at radius 2 is 1.69 bits per heavy atom. The molecule has 0 unspecified atom stereocenters. The number of benzene rings is 2. The Hall–Kier alpha value is -4.16. The number of ether oxygens (including phenoxy) is 1. The first-order valence-electron chi connectivity index (χ1n) is 8.51. The van der Waals surface area contributed by atoms with E-state index in [0.29, 0.717) is 6.07 Å². The third kappa shape index (κ3) is 4.94. The lowest BCUT2D eigenvalue weighted by atomic mass is 10.1. The van der Waals surface area contributed by atoms with Crippen LogP contribution in [0.4, 0.5) is 23.4 Å². The van der Waals surface area contributed by atoms with Crippen LogP contribution < -0.4 is 9.46 Å². The summed E-state index contributed by atoms with van der Waals surface area (Å²) in [6.45, 7) is 0. The summed E-state index contributed by atoms with van der Waals surface area (Å²) in [6, 6.07) is 11.0. The summed E-state index contributed by atoms with van der Waals surface area (Å²) < 4.78 is 84.2. The van der Waals surface area contributed by atoms with Crippen molar-refractivity contribution >= 4 is 15.8 Å². The molecule has 3 aromatic rings. The van der Waals surface area contributed by atoms with Crippen molar-refractivity contribution in [2.75, 3.05) is 4.72 Å². The van der Waals surface area contributed by atoms with E-state index in [-0.39, 0.29) is 27.8 Å². The summed E-state index contributed by atoms with van der Waals surface area (Å²) in [7, 11) is -4.19. The van der Waals surface area contributed by atoms with Gasteiger partial charge in [0, 0.05) is 0 Å². The smallest absolute Gasteiger partial charge is 0.417 e. The molecule has 1 N–H and O–H groups in total. The minimum absolute atomic E-state index is 0.144. The lowest BCUT2D eigenvalue weighted by Crippen LogP contribution is -2.14. The molecule has 7 nitrogen and oxygen atoms in total. The van der Waals surface area contributed by atoms with E-state index in [4.69, 9.17) is 10.00 Å². The fraction of sp³-hybridized carbons (Fsp3) is 0.0500. The Kier molecular flexibility index (Phi) is 6.00. The fourth-order valence-electron chi connectivity index (χ4n) is 2.54. The summed E-state index contributed by atoms with van der Waals surface area (Å²) in [6.07, 6.45) is -3.92. The van der Waals surface area contributed by atoms with Crippen LogP contribution in [0, 0.1) is 28.5 Å². The average Bonchev–Trinajstić information content (AvgIpc) is 2.74. The van der Waals surface area contributed by atoms with Crippen LogP contribution in [0.15, 0.2) is 59.6 Å². The molecule has 1 aromatic heterocycles. The van der Waals surface area contributed by atoms with Crippen molar-refractivity contribution in [1.29, 1.82) is 10.5 Å². The Balaban J connectivity index is 1.90. The van der Waals surface area contributed by atoms with Crippen LogP contribution in [0.25, 0.3) is 0 Å². The average molecular weight is 462 g/mol. The van der Waals surface area contributed by atoms with Crippen LogP contribution >= 0.6 is 0 Å². The standard InChI is InChI=1S/C20H10F4N4O3S/c21-14-1-6-19(27-11-14)28-32(29,30)16-3-5-18(13(8-16)10-26)31-15-2-4-17(20(22,23)24)12(7-15)9-25/h1-8,11H,(H,27,28). The number of hydrogen-bond donors (Lipinski definition) is 1. The first-order valence-corrected chi connectivity index (χ1v) is 9.99. The number of hydrogen-bond acceptors (Lipinski definition) is 6. The quantitative estimate of drug-likeness (QED) is 0.555. The lowest BCUT2D eigenvalue weighted by molar-refractivity contribution is -0.137. The van der Waals surface area contributed by atoms with Gasteiger partial charge in [-0.15, -0.1) is 0 Å². The zero-order chi connectivity index (χ0) is 23.5. The Bertz CT molecular complexity index is 1360. The molecule has 0 saturated heterocycles. The number of halogens is 4. The van der Waals surface area contributed by atoms with Gasteiger partial charge in [-0.2, -0.15) is 23.7 Å². The van der Waals surface area contributed by atoms with Gasteiger partial charge in [-0.05, 0) is 48.5 Å².